The lowest BCUT2D eigenvalue weighted by Crippen LogP contribution is -1.98. The van der Waals surface area contributed by atoms with Gasteiger partial charge >= 0.3 is 0 Å². The van der Waals surface area contributed by atoms with Gasteiger partial charge in [-0.05, 0) is 12.1 Å². The maximum atomic E-state index is 4.16. The summed E-state index contributed by atoms with van der Waals surface area (Å²) in [7, 11) is 0. The fourth-order valence-corrected chi connectivity index (χ4v) is 1.11. The summed E-state index contributed by atoms with van der Waals surface area (Å²) in [5.41, 5.74) is 0.744. The molecule has 2 aromatic rings. The van der Waals surface area contributed by atoms with Crippen LogP contribution in [-0.2, 0) is 0 Å². The van der Waals surface area contributed by atoms with E-state index in [1.165, 1.54) is 4.80 Å². The van der Waals surface area contributed by atoms with E-state index >= 15 is 0 Å². The minimum absolute atomic E-state index is 0.440. The summed E-state index contributed by atoms with van der Waals surface area (Å²) in [5.74, 6) is 1.02. The van der Waals surface area contributed by atoms with Gasteiger partial charge in [0.2, 0.25) is 5.82 Å². The zero-order chi connectivity index (χ0) is 12.1. The van der Waals surface area contributed by atoms with Crippen LogP contribution in [0.25, 0.3) is 17.3 Å². The van der Waals surface area contributed by atoms with Gasteiger partial charge in [0, 0.05) is 24.8 Å². The second-order valence-electron chi connectivity index (χ2n) is 3.14. The third-order valence-corrected chi connectivity index (χ3v) is 1.89. The maximum Gasteiger partial charge on any atom is 0.240 e. The van der Waals surface area contributed by atoms with Crippen LogP contribution in [0.4, 0.5) is 0 Å². The molecular weight excluding hydrogens is 218 g/mol. The molecule has 2 heterocycles. The number of tetrazole rings is 1. The smallest absolute Gasteiger partial charge is 0.240 e. The zero-order valence-corrected chi connectivity index (χ0v) is 9.28. The Kier molecular flexibility index (Phi) is 3.20. The van der Waals surface area contributed by atoms with Crippen molar-refractivity contribution in [3.63, 3.8) is 0 Å². The highest BCUT2D eigenvalue weighted by molar-refractivity contribution is 5.71. The molecule has 7 heteroatoms. The first-order valence-electron chi connectivity index (χ1n) is 4.92. The van der Waals surface area contributed by atoms with Crippen molar-refractivity contribution in [1.29, 1.82) is 0 Å². The molecule has 0 atom stereocenters. The Hall–Kier alpha value is -2.57. The van der Waals surface area contributed by atoms with Crippen LogP contribution < -0.4 is 0 Å². The number of nitrogens with zero attached hydrogens (tertiary/aromatic N) is 6. The predicted molar refractivity (Wildman–Crippen MR) is 64.0 cm³/mol. The third kappa shape index (κ3) is 2.51. The standard InChI is InChI=1S/C10H11N7/c1-3-4-11-7-8(2)17-15-10(14-16-17)9-12-5-6-13-9/h3-7H,1H2,2H3,(H,12,13)/b8-7+,11-4?. The van der Waals surface area contributed by atoms with Crippen molar-refractivity contribution in [1.82, 2.24) is 30.2 Å². The highest BCUT2D eigenvalue weighted by Gasteiger charge is 2.07. The summed E-state index contributed by atoms with van der Waals surface area (Å²) in [6.45, 7) is 5.35. The number of H-pyrrole nitrogens is 1. The van der Waals surface area contributed by atoms with Crippen LogP contribution in [-0.4, -0.2) is 36.4 Å². The highest BCUT2D eigenvalue weighted by atomic mass is 15.6. The van der Waals surface area contributed by atoms with E-state index in [4.69, 9.17) is 0 Å². The van der Waals surface area contributed by atoms with Gasteiger partial charge in [0.15, 0.2) is 5.82 Å². The zero-order valence-electron chi connectivity index (χ0n) is 9.28. The van der Waals surface area contributed by atoms with E-state index < -0.39 is 0 Å². The van der Waals surface area contributed by atoms with Crippen LogP contribution in [0.2, 0.25) is 0 Å². The molecule has 0 radical (unpaired) electrons. The average molecular weight is 229 g/mol. The van der Waals surface area contributed by atoms with Gasteiger partial charge in [0.25, 0.3) is 0 Å². The first kappa shape index (κ1) is 10.9. The van der Waals surface area contributed by atoms with E-state index in [2.05, 4.69) is 37.0 Å². The van der Waals surface area contributed by atoms with Crippen LogP contribution >= 0.6 is 0 Å². The van der Waals surface area contributed by atoms with Crippen LogP contribution in [0.15, 0.2) is 36.2 Å². The lowest BCUT2D eigenvalue weighted by Gasteiger charge is -1.93. The molecule has 7 nitrogen and oxygen atoms in total. The number of aliphatic imine (C=N–C) groups is 1. The van der Waals surface area contributed by atoms with E-state index in [9.17, 15) is 0 Å². The molecule has 2 rings (SSSR count). The lowest BCUT2D eigenvalue weighted by atomic mass is 10.5. The quantitative estimate of drug-likeness (QED) is 0.796. The van der Waals surface area contributed by atoms with Gasteiger partial charge in [0.1, 0.15) is 0 Å². The Morgan fingerprint density at radius 1 is 1.59 bits per heavy atom. The molecular formula is C10H11N7. The van der Waals surface area contributed by atoms with Crippen LogP contribution in [0, 0.1) is 0 Å². The van der Waals surface area contributed by atoms with E-state index in [-0.39, 0.29) is 0 Å². The van der Waals surface area contributed by atoms with Crippen molar-refractivity contribution in [2.24, 2.45) is 4.99 Å². The van der Waals surface area contributed by atoms with E-state index in [1.807, 2.05) is 6.92 Å². The summed E-state index contributed by atoms with van der Waals surface area (Å²) in [6, 6.07) is 0. The number of allylic oxidation sites excluding steroid dienone is 2. The molecule has 2 aromatic heterocycles. The van der Waals surface area contributed by atoms with Crippen molar-refractivity contribution in [2.45, 2.75) is 6.92 Å². The van der Waals surface area contributed by atoms with Gasteiger partial charge in [-0.25, -0.2) is 4.98 Å². The molecule has 0 saturated carbocycles. The number of rotatable bonds is 4. The Morgan fingerprint density at radius 3 is 3.18 bits per heavy atom. The van der Waals surface area contributed by atoms with Gasteiger partial charge in [-0.3, -0.25) is 4.99 Å². The third-order valence-electron chi connectivity index (χ3n) is 1.89. The molecule has 0 unspecified atom stereocenters. The van der Waals surface area contributed by atoms with E-state index in [0.29, 0.717) is 11.6 Å². The second kappa shape index (κ2) is 4.97. The molecule has 86 valence electrons. The van der Waals surface area contributed by atoms with Crippen molar-refractivity contribution >= 4 is 11.9 Å². The molecule has 0 aliphatic heterocycles. The Bertz CT molecular complexity index is 547. The van der Waals surface area contributed by atoms with Gasteiger partial charge in [-0.15, -0.1) is 15.0 Å². The topological polar surface area (TPSA) is 84.6 Å². The molecule has 0 aromatic carbocycles. The molecule has 0 aliphatic carbocycles. The molecule has 0 fully saturated rings. The fourth-order valence-electron chi connectivity index (χ4n) is 1.11. The van der Waals surface area contributed by atoms with Gasteiger partial charge in [-0.2, -0.15) is 0 Å². The lowest BCUT2D eigenvalue weighted by molar-refractivity contribution is 0.731. The summed E-state index contributed by atoms with van der Waals surface area (Å²) in [6.07, 6.45) is 8.12. The van der Waals surface area contributed by atoms with Crippen molar-refractivity contribution in [2.75, 3.05) is 0 Å². The SMILES string of the molecule is C=CC=N/C=C(\C)n1nnc(-c2ncc[nH]2)n1. The van der Waals surface area contributed by atoms with Crippen molar-refractivity contribution in [3.05, 3.63) is 31.2 Å². The molecule has 0 aliphatic rings. The first-order chi connectivity index (χ1) is 8.31. The molecule has 0 amide bonds. The number of hydrogen-bond donors (Lipinski definition) is 1. The van der Waals surface area contributed by atoms with E-state index in [1.54, 1.807) is 30.9 Å². The van der Waals surface area contributed by atoms with E-state index in [0.717, 1.165) is 5.70 Å². The normalized spacial score (nSPS) is 12.2. The molecule has 0 bridgehead atoms. The Labute approximate surface area is 97.6 Å². The predicted octanol–water partition coefficient (Wildman–Crippen LogP) is 1.14. The van der Waals surface area contributed by atoms with Crippen molar-refractivity contribution < 1.29 is 0 Å². The number of aromatic amines is 1. The summed E-state index contributed by atoms with van der Waals surface area (Å²) < 4.78 is 0. The highest BCUT2D eigenvalue weighted by Crippen LogP contribution is 2.07. The Morgan fingerprint density at radius 2 is 2.47 bits per heavy atom. The minimum Gasteiger partial charge on any atom is -0.342 e. The second-order valence-corrected chi connectivity index (χ2v) is 3.14. The van der Waals surface area contributed by atoms with Crippen molar-refractivity contribution in [3.8, 4) is 11.6 Å². The largest absolute Gasteiger partial charge is 0.342 e. The number of aromatic nitrogens is 6. The van der Waals surface area contributed by atoms with Gasteiger partial charge < -0.3 is 4.98 Å². The van der Waals surface area contributed by atoms with Crippen LogP contribution in [0.3, 0.4) is 0 Å². The number of imidazole rings is 1. The number of hydrogen-bond acceptors (Lipinski definition) is 5. The Balaban J connectivity index is 2.21. The number of nitrogens with one attached hydrogen (secondary N) is 1. The fraction of sp³-hybridized carbons (Fsp3) is 0.100. The first-order valence-corrected chi connectivity index (χ1v) is 4.92. The van der Waals surface area contributed by atoms with Gasteiger partial charge in [-0.1, -0.05) is 12.7 Å². The maximum absolute atomic E-state index is 4.16. The summed E-state index contributed by atoms with van der Waals surface area (Å²) in [5, 5.41) is 11.9. The van der Waals surface area contributed by atoms with Gasteiger partial charge in [0.05, 0.1) is 5.70 Å². The van der Waals surface area contributed by atoms with Crippen LogP contribution in [0.5, 0.6) is 0 Å². The molecule has 0 spiro atoms. The monoisotopic (exact) mass is 229 g/mol. The minimum atomic E-state index is 0.440. The molecule has 0 saturated heterocycles. The summed E-state index contributed by atoms with van der Waals surface area (Å²) >= 11 is 0. The van der Waals surface area contributed by atoms with Crippen LogP contribution in [0.1, 0.15) is 6.92 Å². The average Bonchev–Trinajstić information content (AvgIpc) is 3.00. The molecule has 17 heavy (non-hydrogen) atoms. The summed E-state index contributed by atoms with van der Waals surface area (Å²) in [4.78, 5) is 12.3. The molecule has 1 N–H and O–H groups in total.